The van der Waals surface area contributed by atoms with E-state index in [4.69, 9.17) is 9.47 Å². The number of methoxy groups -OCH3 is 2. The molecule has 2 aromatic carbocycles. The largest absolute Gasteiger partial charge is 0.493 e. The van der Waals surface area contributed by atoms with Gasteiger partial charge in [0.25, 0.3) is 0 Å². The minimum absolute atomic E-state index is 0.106. The molecule has 3 rings (SSSR count). The van der Waals surface area contributed by atoms with Gasteiger partial charge in [-0.2, -0.15) is 0 Å². The number of likely N-dealkylation sites (N-methyl/N-ethyl adjacent to an activating group) is 1. The first-order valence-electron chi connectivity index (χ1n) is 11.3. The summed E-state index contributed by atoms with van der Waals surface area (Å²) in [5, 5.41) is 4.02. The molecule has 7 nitrogen and oxygen atoms in total. The van der Waals surface area contributed by atoms with Gasteiger partial charge in [-0.1, -0.05) is 31.2 Å². The minimum atomic E-state index is -0.626. The lowest BCUT2D eigenvalue weighted by atomic mass is 10.0. The third kappa shape index (κ3) is 6.06. The number of ether oxygens (including phenoxy) is 2. The van der Waals surface area contributed by atoms with Crippen LogP contribution in [0.4, 0.5) is 0 Å². The van der Waals surface area contributed by atoms with Crippen LogP contribution in [-0.4, -0.2) is 55.6 Å². The fourth-order valence-electron chi connectivity index (χ4n) is 3.92. The van der Waals surface area contributed by atoms with E-state index in [-0.39, 0.29) is 11.8 Å². The van der Waals surface area contributed by atoms with Crippen molar-refractivity contribution in [1.29, 1.82) is 0 Å². The number of aromatic nitrogens is 1. The number of amides is 2. The normalized spacial score (nSPS) is 11.8. The van der Waals surface area contributed by atoms with Crippen molar-refractivity contribution in [3.05, 3.63) is 59.8 Å². The maximum Gasteiger partial charge on any atom is 0.245 e. The Bertz CT molecular complexity index is 1090. The van der Waals surface area contributed by atoms with Crippen LogP contribution in [0.15, 0.2) is 48.7 Å². The zero-order chi connectivity index (χ0) is 23.8. The van der Waals surface area contributed by atoms with Crippen LogP contribution in [0.5, 0.6) is 11.5 Å². The summed E-state index contributed by atoms with van der Waals surface area (Å²) in [5.74, 6) is 1.12. The highest BCUT2D eigenvalue weighted by molar-refractivity contribution is 5.89. The quantitative estimate of drug-likeness (QED) is 0.466. The molecule has 1 aromatic heterocycles. The number of H-pyrrole nitrogens is 1. The zero-order valence-electron chi connectivity index (χ0n) is 19.8. The van der Waals surface area contributed by atoms with Crippen molar-refractivity contribution in [3.63, 3.8) is 0 Å². The Morgan fingerprint density at radius 2 is 1.85 bits per heavy atom. The van der Waals surface area contributed by atoms with E-state index in [1.165, 1.54) is 0 Å². The first-order valence-corrected chi connectivity index (χ1v) is 11.3. The molecular formula is C26H33N3O4. The smallest absolute Gasteiger partial charge is 0.245 e. The third-order valence-corrected chi connectivity index (χ3v) is 5.77. The highest BCUT2D eigenvalue weighted by Crippen LogP contribution is 2.27. The maximum absolute atomic E-state index is 13.3. The predicted octanol–water partition coefficient (Wildman–Crippen LogP) is 3.71. The first kappa shape index (κ1) is 24.2. The van der Waals surface area contributed by atoms with Gasteiger partial charge < -0.3 is 24.7 Å². The molecule has 0 fully saturated rings. The summed E-state index contributed by atoms with van der Waals surface area (Å²) in [6.07, 6.45) is 4.13. The van der Waals surface area contributed by atoms with Gasteiger partial charge in [-0.05, 0) is 42.2 Å². The van der Waals surface area contributed by atoms with Crippen molar-refractivity contribution < 1.29 is 19.1 Å². The summed E-state index contributed by atoms with van der Waals surface area (Å²) in [7, 11) is 4.98. The SMILES string of the molecule is CCCC(=O)NC(Cc1c[nH]c2ccccc12)C(=O)N(C)CCc1ccc(OC)c(OC)c1. The second-order valence-corrected chi connectivity index (χ2v) is 8.13. The highest BCUT2D eigenvalue weighted by Gasteiger charge is 2.25. The van der Waals surface area contributed by atoms with E-state index in [0.717, 1.165) is 28.5 Å². The predicted molar refractivity (Wildman–Crippen MR) is 130 cm³/mol. The molecule has 0 aliphatic heterocycles. The van der Waals surface area contributed by atoms with Gasteiger partial charge in [-0.3, -0.25) is 9.59 Å². The van der Waals surface area contributed by atoms with Gasteiger partial charge in [0.15, 0.2) is 11.5 Å². The minimum Gasteiger partial charge on any atom is -0.493 e. The summed E-state index contributed by atoms with van der Waals surface area (Å²) in [5.41, 5.74) is 3.06. The molecule has 0 aliphatic rings. The summed E-state index contributed by atoms with van der Waals surface area (Å²) in [6, 6.07) is 13.1. The van der Waals surface area contributed by atoms with Gasteiger partial charge in [0.2, 0.25) is 11.8 Å². The number of aromatic amines is 1. The van der Waals surface area contributed by atoms with Crippen molar-refractivity contribution >= 4 is 22.7 Å². The van der Waals surface area contributed by atoms with E-state index in [9.17, 15) is 9.59 Å². The lowest BCUT2D eigenvalue weighted by molar-refractivity contribution is -0.135. The number of hydrogen-bond donors (Lipinski definition) is 2. The highest BCUT2D eigenvalue weighted by atomic mass is 16.5. The molecule has 0 spiro atoms. The van der Waals surface area contributed by atoms with Crippen LogP contribution in [0, 0.1) is 0 Å². The second kappa shape index (κ2) is 11.4. The molecule has 0 radical (unpaired) electrons. The summed E-state index contributed by atoms with van der Waals surface area (Å²) >= 11 is 0. The van der Waals surface area contributed by atoms with Crippen molar-refractivity contribution in [2.75, 3.05) is 27.8 Å². The molecule has 0 bridgehead atoms. The van der Waals surface area contributed by atoms with Crippen LogP contribution in [0.2, 0.25) is 0 Å². The van der Waals surface area contributed by atoms with Crippen molar-refractivity contribution in [2.45, 2.75) is 38.6 Å². The number of carbonyl (C=O) groups excluding carboxylic acids is 2. The molecule has 3 aromatic rings. The Hall–Kier alpha value is -3.48. The van der Waals surface area contributed by atoms with Crippen LogP contribution in [0.25, 0.3) is 10.9 Å². The number of nitrogens with zero attached hydrogens (tertiary/aromatic N) is 1. The van der Waals surface area contributed by atoms with E-state index in [2.05, 4.69) is 10.3 Å². The van der Waals surface area contributed by atoms with E-state index in [0.29, 0.717) is 37.3 Å². The lowest BCUT2D eigenvalue weighted by Crippen LogP contribution is -2.49. The van der Waals surface area contributed by atoms with Gasteiger partial charge in [0, 0.05) is 43.5 Å². The first-order chi connectivity index (χ1) is 16.0. The Kier molecular flexibility index (Phi) is 8.35. The summed E-state index contributed by atoms with van der Waals surface area (Å²) in [4.78, 5) is 30.6. The molecule has 1 unspecified atom stereocenters. The van der Waals surface area contributed by atoms with E-state index < -0.39 is 6.04 Å². The Morgan fingerprint density at radius 1 is 1.09 bits per heavy atom. The van der Waals surface area contributed by atoms with E-state index >= 15 is 0 Å². The molecule has 176 valence electrons. The Labute approximate surface area is 195 Å². The van der Waals surface area contributed by atoms with Gasteiger partial charge in [0.1, 0.15) is 6.04 Å². The average molecular weight is 452 g/mol. The maximum atomic E-state index is 13.3. The molecule has 0 aliphatic carbocycles. The zero-order valence-corrected chi connectivity index (χ0v) is 19.8. The van der Waals surface area contributed by atoms with Crippen LogP contribution < -0.4 is 14.8 Å². The number of para-hydroxylation sites is 1. The van der Waals surface area contributed by atoms with E-state index in [1.54, 1.807) is 26.2 Å². The molecule has 1 atom stereocenters. The lowest BCUT2D eigenvalue weighted by Gasteiger charge is -2.25. The van der Waals surface area contributed by atoms with Crippen molar-refractivity contribution in [1.82, 2.24) is 15.2 Å². The number of nitrogens with one attached hydrogen (secondary N) is 2. The number of carbonyl (C=O) groups is 2. The molecule has 2 amide bonds. The Morgan fingerprint density at radius 3 is 2.58 bits per heavy atom. The summed E-state index contributed by atoms with van der Waals surface area (Å²) < 4.78 is 10.7. The topological polar surface area (TPSA) is 83.7 Å². The molecule has 0 saturated carbocycles. The number of rotatable bonds is 11. The van der Waals surface area contributed by atoms with E-state index in [1.807, 2.05) is 55.6 Å². The third-order valence-electron chi connectivity index (χ3n) is 5.77. The van der Waals surface area contributed by atoms with Crippen molar-refractivity contribution in [2.24, 2.45) is 0 Å². The number of hydrogen-bond acceptors (Lipinski definition) is 4. The average Bonchev–Trinajstić information content (AvgIpc) is 3.24. The number of benzene rings is 2. The Balaban J connectivity index is 1.72. The van der Waals surface area contributed by atoms with Gasteiger partial charge in [-0.25, -0.2) is 0 Å². The number of fused-ring (bicyclic) bond motifs is 1. The molecular weight excluding hydrogens is 418 g/mol. The molecule has 1 heterocycles. The molecule has 0 saturated heterocycles. The molecule has 7 heteroatoms. The molecule has 33 heavy (non-hydrogen) atoms. The van der Waals surface area contributed by atoms with Gasteiger partial charge in [0.05, 0.1) is 14.2 Å². The fourth-order valence-corrected chi connectivity index (χ4v) is 3.92. The fraction of sp³-hybridized carbons (Fsp3) is 0.385. The second-order valence-electron chi connectivity index (χ2n) is 8.13. The van der Waals surface area contributed by atoms with Crippen LogP contribution >= 0.6 is 0 Å². The van der Waals surface area contributed by atoms with Crippen molar-refractivity contribution in [3.8, 4) is 11.5 Å². The van der Waals surface area contributed by atoms with Crippen LogP contribution in [0.1, 0.15) is 30.9 Å². The standard InChI is InChI=1S/C26H33N3O4/c1-5-8-25(30)28-22(16-19-17-27-21-10-7-6-9-20(19)21)26(31)29(2)14-13-18-11-12-23(32-3)24(15-18)33-4/h6-7,9-12,15,17,22,27H,5,8,13-14,16H2,1-4H3,(H,28,30). The summed E-state index contributed by atoms with van der Waals surface area (Å²) in [6.45, 7) is 2.47. The van der Waals surface area contributed by atoms with Crippen LogP contribution in [0.3, 0.4) is 0 Å². The van der Waals surface area contributed by atoms with Gasteiger partial charge >= 0.3 is 0 Å². The van der Waals surface area contributed by atoms with Gasteiger partial charge in [-0.15, -0.1) is 0 Å². The van der Waals surface area contributed by atoms with Crippen LogP contribution in [-0.2, 0) is 22.4 Å². The monoisotopic (exact) mass is 451 g/mol. The molecule has 2 N–H and O–H groups in total.